The van der Waals surface area contributed by atoms with Crippen molar-refractivity contribution in [3.63, 3.8) is 0 Å². The van der Waals surface area contributed by atoms with Crippen LogP contribution in [0.4, 0.5) is 0 Å². The molecular weight excluding hydrogens is 325 g/mol. The van der Waals surface area contributed by atoms with Crippen molar-refractivity contribution in [1.29, 1.82) is 0 Å². The number of ether oxygens (including phenoxy) is 1. The van der Waals surface area contributed by atoms with Crippen LogP contribution in [-0.2, 0) is 9.53 Å². The number of carbonyl (C=O) groups excluding carboxylic acids is 1. The normalized spacial score (nSPS) is 11.8. The van der Waals surface area contributed by atoms with Crippen LogP contribution in [-0.4, -0.2) is 34.8 Å². The number of hydrogen-bond donors (Lipinski definition) is 0. The van der Waals surface area contributed by atoms with Crippen LogP contribution in [0, 0.1) is 0 Å². The van der Waals surface area contributed by atoms with Crippen molar-refractivity contribution >= 4 is 27.7 Å². The third kappa shape index (κ3) is 2.19. The molecule has 0 aliphatic rings. The van der Waals surface area contributed by atoms with Gasteiger partial charge in [0.25, 0.3) is 0 Å². The van der Waals surface area contributed by atoms with E-state index in [9.17, 15) is 4.79 Å². The molecule has 0 saturated carbocycles. The Labute approximate surface area is 70.6 Å². The van der Waals surface area contributed by atoms with E-state index in [1.54, 1.807) is 0 Å². The summed E-state index contributed by atoms with van der Waals surface area (Å²) >= 11 is -1.51. The SMILES string of the molecule is COC(=O)[C](C)(C)[Bi]([CH3])[CH3]. The minimum absolute atomic E-state index is 0.0460. The van der Waals surface area contributed by atoms with Crippen LogP contribution in [0.2, 0.25) is 12.4 Å². The predicted molar refractivity (Wildman–Crippen MR) is 43.5 cm³/mol. The monoisotopic (exact) mass is 340 g/mol. The summed E-state index contributed by atoms with van der Waals surface area (Å²) in [7, 11) is 1.46. The van der Waals surface area contributed by atoms with E-state index in [2.05, 4.69) is 14.0 Å². The Morgan fingerprint density at radius 2 is 1.80 bits per heavy atom. The summed E-state index contributed by atoms with van der Waals surface area (Å²) < 4.78 is 8.97. The summed E-state index contributed by atoms with van der Waals surface area (Å²) in [5.41, 5.74) is 0. The van der Waals surface area contributed by atoms with Gasteiger partial charge >= 0.3 is 70.6 Å². The Hall–Kier alpha value is 0.353. The number of hydrogen-bond acceptors (Lipinski definition) is 2. The molecule has 0 N–H and O–H groups in total. The summed E-state index contributed by atoms with van der Waals surface area (Å²) in [6.45, 7) is 3.97. The summed E-state index contributed by atoms with van der Waals surface area (Å²) in [5.74, 6) is -0.0460. The first-order valence-corrected chi connectivity index (χ1v) is 11.9. The van der Waals surface area contributed by atoms with Crippen LogP contribution in [0.25, 0.3) is 0 Å². The molecular formula is C7H15BiO2. The third-order valence-electron chi connectivity index (χ3n) is 1.80. The topological polar surface area (TPSA) is 26.3 Å². The molecule has 0 radical (unpaired) electrons. The van der Waals surface area contributed by atoms with Crippen molar-refractivity contribution in [2.75, 3.05) is 7.11 Å². The summed E-state index contributed by atoms with van der Waals surface area (Å²) in [6.07, 6.45) is 0. The van der Waals surface area contributed by atoms with E-state index in [1.807, 2.05) is 13.8 Å². The van der Waals surface area contributed by atoms with E-state index >= 15 is 0 Å². The van der Waals surface area contributed by atoms with Crippen LogP contribution >= 0.6 is 0 Å². The zero-order valence-corrected chi connectivity index (χ0v) is 10.7. The second-order valence-electron chi connectivity index (χ2n) is 2.95. The molecule has 0 spiro atoms. The Bertz CT molecular complexity index is 130. The summed E-state index contributed by atoms with van der Waals surface area (Å²) in [4.78, 5) is 11.1. The Morgan fingerprint density at radius 1 is 1.40 bits per heavy atom. The molecule has 0 atom stereocenters. The quantitative estimate of drug-likeness (QED) is 0.565. The molecule has 0 aromatic rings. The van der Waals surface area contributed by atoms with E-state index in [4.69, 9.17) is 0 Å². The Morgan fingerprint density at radius 3 is 1.90 bits per heavy atom. The van der Waals surface area contributed by atoms with Crippen molar-refractivity contribution in [2.24, 2.45) is 0 Å². The summed E-state index contributed by atoms with van der Waals surface area (Å²) in [6, 6.07) is 0. The van der Waals surface area contributed by atoms with Gasteiger partial charge in [0.2, 0.25) is 0 Å². The number of carbonyl (C=O) groups is 1. The molecule has 0 aromatic carbocycles. The number of methoxy groups -OCH3 is 1. The van der Waals surface area contributed by atoms with Gasteiger partial charge in [-0.1, -0.05) is 0 Å². The van der Waals surface area contributed by atoms with Gasteiger partial charge in [0.15, 0.2) is 0 Å². The molecule has 0 heterocycles. The van der Waals surface area contributed by atoms with Crippen molar-refractivity contribution in [3.8, 4) is 0 Å². The predicted octanol–water partition coefficient (Wildman–Crippen LogP) is 1.69. The van der Waals surface area contributed by atoms with Crippen molar-refractivity contribution in [2.45, 2.75) is 26.2 Å². The second kappa shape index (κ2) is 3.66. The third-order valence-corrected chi connectivity index (χ3v) is 11.2. The molecule has 2 nitrogen and oxygen atoms in total. The summed E-state index contributed by atoms with van der Waals surface area (Å²) in [5, 5.41) is 0. The molecule has 10 heavy (non-hydrogen) atoms. The van der Waals surface area contributed by atoms with Gasteiger partial charge in [-0.25, -0.2) is 0 Å². The molecule has 0 unspecified atom stereocenters. The molecule has 0 rings (SSSR count). The van der Waals surface area contributed by atoms with E-state index < -0.39 is 21.8 Å². The fraction of sp³-hybridized carbons (Fsp3) is 0.857. The fourth-order valence-electron chi connectivity index (χ4n) is 0.432. The van der Waals surface area contributed by atoms with E-state index in [0.29, 0.717) is 0 Å². The average molecular weight is 340 g/mol. The van der Waals surface area contributed by atoms with Crippen molar-refractivity contribution < 1.29 is 9.53 Å². The van der Waals surface area contributed by atoms with Gasteiger partial charge in [-0.2, -0.15) is 0 Å². The minimum atomic E-state index is -1.51. The molecule has 0 aromatic heterocycles. The first-order chi connectivity index (χ1) is 4.42. The van der Waals surface area contributed by atoms with Gasteiger partial charge in [0.05, 0.1) is 0 Å². The van der Waals surface area contributed by atoms with Crippen molar-refractivity contribution in [3.05, 3.63) is 0 Å². The Balaban J connectivity index is 4.24. The maximum absolute atomic E-state index is 11.1. The van der Waals surface area contributed by atoms with Gasteiger partial charge in [0.1, 0.15) is 0 Å². The molecule has 60 valence electrons. The van der Waals surface area contributed by atoms with Gasteiger partial charge in [-0.3, -0.25) is 0 Å². The number of esters is 1. The standard InChI is InChI=1S/C5H9O2.2CH3.Bi/c1-4(2)5(6)7-3;;;/h1-3H3;2*1H3;. The van der Waals surface area contributed by atoms with Crippen molar-refractivity contribution in [1.82, 2.24) is 0 Å². The van der Waals surface area contributed by atoms with Crippen LogP contribution in [0.15, 0.2) is 0 Å². The van der Waals surface area contributed by atoms with Crippen LogP contribution in [0.5, 0.6) is 0 Å². The van der Waals surface area contributed by atoms with Crippen LogP contribution < -0.4 is 0 Å². The van der Waals surface area contributed by atoms with E-state index in [1.165, 1.54) is 7.11 Å². The van der Waals surface area contributed by atoms with E-state index in [0.717, 1.165) is 0 Å². The zero-order chi connectivity index (χ0) is 8.36. The molecule has 0 amide bonds. The maximum atomic E-state index is 11.1. The van der Waals surface area contributed by atoms with Crippen LogP contribution in [0.1, 0.15) is 13.8 Å². The van der Waals surface area contributed by atoms with Crippen LogP contribution in [0.3, 0.4) is 0 Å². The molecule has 3 heteroatoms. The molecule has 0 aliphatic carbocycles. The average Bonchev–Trinajstić information content (AvgIpc) is 1.86. The second-order valence-corrected chi connectivity index (χ2v) is 14.2. The Kier molecular flexibility index (Phi) is 3.79. The molecule has 0 bridgehead atoms. The molecule has 0 fully saturated rings. The first kappa shape index (κ1) is 10.4. The van der Waals surface area contributed by atoms with E-state index in [-0.39, 0.29) is 9.09 Å². The van der Waals surface area contributed by atoms with Gasteiger partial charge in [-0.05, 0) is 0 Å². The van der Waals surface area contributed by atoms with Gasteiger partial charge < -0.3 is 0 Å². The fourth-order valence-corrected chi connectivity index (χ4v) is 2.21. The van der Waals surface area contributed by atoms with Gasteiger partial charge in [0, 0.05) is 0 Å². The van der Waals surface area contributed by atoms with Gasteiger partial charge in [-0.15, -0.1) is 0 Å². The zero-order valence-electron chi connectivity index (χ0n) is 7.26. The molecule has 0 saturated heterocycles. The first-order valence-electron chi connectivity index (χ1n) is 3.18. The number of rotatable bonds is 2. The molecule has 0 aliphatic heterocycles.